The average Bonchev–Trinajstić information content (AvgIpc) is 3.35. The molecule has 13 heteroatoms. The maximum atomic E-state index is 15.9. The Balaban J connectivity index is 1.52. The van der Waals surface area contributed by atoms with E-state index in [2.05, 4.69) is 26.9 Å². The summed E-state index contributed by atoms with van der Waals surface area (Å²) in [5, 5.41) is 4.49. The van der Waals surface area contributed by atoms with Gasteiger partial charge in [-0.05, 0) is 55.1 Å². The highest BCUT2D eigenvalue weighted by Crippen LogP contribution is 2.37. The predicted octanol–water partition coefficient (Wildman–Crippen LogP) is 4.22. The fourth-order valence-electron chi connectivity index (χ4n) is 4.51. The number of halogens is 4. The Morgan fingerprint density at radius 2 is 1.60 bits per heavy atom. The fraction of sp³-hybridized carbons (Fsp3) is 0.259. The molecule has 0 bridgehead atoms. The van der Waals surface area contributed by atoms with Gasteiger partial charge in [-0.1, -0.05) is 0 Å². The first-order valence-electron chi connectivity index (χ1n) is 12.5. The van der Waals surface area contributed by atoms with Gasteiger partial charge in [-0.2, -0.15) is 5.10 Å². The fourth-order valence-corrected chi connectivity index (χ4v) is 5.66. The molecule has 4 aromatic rings. The normalized spacial score (nSPS) is 14.9. The molecule has 0 spiro atoms. The number of hydrogen-bond acceptors (Lipinski definition) is 6. The van der Waals surface area contributed by atoms with Crippen LogP contribution in [-0.4, -0.2) is 72.8 Å². The summed E-state index contributed by atoms with van der Waals surface area (Å²) in [6, 6.07) is 6.97. The maximum absolute atomic E-state index is 15.9. The lowest BCUT2D eigenvalue weighted by molar-refractivity contribution is 0.149. The second-order valence-electron chi connectivity index (χ2n) is 9.50. The van der Waals surface area contributed by atoms with Crippen LogP contribution in [0.4, 0.5) is 23.2 Å². The van der Waals surface area contributed by atoms with Gasteiger partial charge in [0.2, 0.25) is 0 Å². The van der Waals surface area contributed by atoms with Crippen molar-refractivity contribution in [2.45, 2.75) is 11.4 Å². The number of likely N-dealkylation sites (N-methyl/N-ethyl adjacent to an activating group) is 1. The van der Waals surface area contributed by atoms with Crippen molar-refractivity contribution < 1.29 is 26.0 Å². The SMILES string of the molecule is CN1CCN(CCn2cc(-c3ccncc3)c(-c3c(F)ccc(NS(=O)(=O)c4cc(F)ccc4F)c3F)n2)CC1. The molecule has 3 heterocycles. The Hall–Kier alpha value is -3.81. The summed E-state index contributed by atoms with van der Waals surface area (Å²) in [6.45, 7) is 4.78. The summed E-state index contributed by atoms with van der Waals surface area (Å²) in [6.07, 6.45) is 4.75. The summed E-state index contributed by atoms with van der Waals surface area (Å²) in [7, 11) is -2.69. The Kier molecular flexibility index (Phi) is 7.88. The number of sulfonamides is 1. The first-order valence-corrected chi connectivity index (χ1v) is 14.0. The lowest BCUT2D eigenvalue weighted by atomic mass is 10.0. The van der Waals surface area contributed by atoms with Crippen LogP contribution in [0.1, 0.15) is 0 Å². The van der Waals surface area contributed by atoms with E-state index < -0.39 is 49.4 Å². The molecule has 40 heavy (non-hydrogen) atoms. The van der Waals surface area contributed by atoms with E-state index in [9.17, 15) is 17.2 Å². The molecule has 0 radical (unpaired) electrons. The van der Waals surface area contributed by atoms with Crippen molar-refractivity contribution in [3.63, 3.8) is 0 Å². The molecule has 210 valence electrons. The lowest BCUT2D eigenvalue weighted by Gasteiger charge is -2.32. The highest BCUT2D eigenvalue weighted by atomic mass is 32.2. The van der Waals surface area contributed by atoms with Crippen molar-refractivity contribution in [3.8, 4) is 22.4 Å². The van der Waals surface area contributed by atoms with E-state index in [-0.39, 0.29) is 5.69 Å². The van der Waals surface area contributed by atoms with E-state index in [0.29, 0.717) is 36.3 Å². The standard InChI is InChI=1S/C27H26F4N6O2S/c1-35-10-12-36(13-11-35)14-15-37-17-20(18-6-8-32-9-7-18)27(33-37)25-22(30)4-5-23(26(25)31)34-40(38,39)24-16-19(28)2-3-21(24)29/h2-9,16-17,34H,10-15H2,1H3. The Labute approximate surface area is 228 Å². The molecule has 2 aromatic heterocycles. The summed E-state index contributed by atoms with van der Waals surface area (Å²) < 4.78 is 88.0. The molecule has 1 saturated heterocycles. The maximum Gasteiger partial charge on any atom is 0.265 e. The van der Waals surface area contributed by atoms with Crippen molar-refractivity contribution in [2.75, 3.05) is 44.5 Å². The second-order valence-corrected chi connectivity index (χ2v) is 11.2. The van der Waals surface area contributed by atoms with E-state index in [1.165, 1.54) is 12.4 Å². The smallest absolute Gasteiger partial charge is 0.265 e. The number of nitrogens with one attached hydrogen (secondary N) is 1. The van der Waals surface area contributed by atoms with Gasteiger partial charge in [0.1, 0.15) is 28.0 Å². The monoisotopic (exact) mass is 574 g/mol. The van der Waals surface area contributed by atoms with Gasteiger partial charge in [0, 0.05) is 56.9 Å². The Morgan fingerprint density at radius 3 is 2.33 bits per heavy atom. The van der Waals surface area contributed by atoms with Crippen LogP contribution in [0, 0.1) is 23.3 Å². The van der Waals surface area contributed by atoms with Crippen molar-refractivity contribution in [2.24, 2.45) is 0 Å². The predicted molar refractivity (Wildman–Crippen MR) is 142 cm³/mol. The van der Waals surface area contributed by atoms with E-state index in [4.69, 9.17) is 0 Å². The lowest BCUT2D eigenvalue weighted by Crippen LogP contribution is -2.45. The average molecular weight is 575 g/mol. The molecule has 1 aliphatic heterocycles. The van der Waals surface area contributed by atoms with Crippen LogP contribution < -0.4 is 4.72 Å². The summed E-state index contributed by atoms with van der Waals surface area (Å²) in [5.41, 5.74) is -0.243. The van der Waals surface area contributed by atoms with Crippen LogP contribution in [-0.2, 0) is 16.6 Å². The summed E-state index contributed by atoms with van der Waals surface area (Å²) in [5.74, 6) is -4.45. The zero-order chi connectivity index (χ0) is 28.4. The van der Waals surface area contributed by atoms with Crippen molar-refractivity contribution >= 4 is 15.7 Å². The number of pyridine rings is 1. The zero-order valence-electron chi connectivity index (χ0n) is 21.5. The molecule has 8 nitrogen and oxygen atoms in total. The van der Waals surface area contributed by atoms with Crippen LogP contribution in [0.2, 0.25) is 0 Å². The molecule has 0 atom stereocenters. The minimum atomic E-state index is -4.75. The number of hydrogen-bond donors (Lipinski definition) is 1. The minimum absolute atomic E-state index is 0.0439. The zero-order valence-corrected chi connectivity index (χ0v) is 22.3. The first-order chi connectivity index (χ1) is 19.1. The number of anilines is 1. The number of aromatic nitrogens is 3. The number of rotatable bonds is 8. The molecular formula is C27H26F4N6O2S. The van der Waals surface area contributed by atoms with E-state index in [0.717, 1.165) is 44.4 Å². The van der Waals surface area contributed by atoms with E-state index in [1.807, 2.05) is 4.72 Å². The molecule has 2 aromatic carbocycles. The van der Waals surface area contributed by atoms with Gasteiger partial charge in [-0.3, -0.25) is 19.3 Å². The third kappa shape index (κ3) is 5.86. The first kappa shape index (κ1) is 27.7. The third-order valence-electron chi connectivity index (χ3n) is 6.75. The van der Waals surface area contributed by atoms with E-state index in [1.54, 1.807) is 23.0 Å². The van der Waals surface area contributed by atoms with Crippen LogP contribution in [0.25, 0.3) is 22.4 Å². The summed E-state index contributed by atoms with van der Waals surface area (Å²) in [4.78, 5) is 7.49. The van der Waals surface area contributed by atoms with Gasteiger partial charge >= 0.3 is 0 Å². The van der Waals surface area contributed by atoms with Gasteiger partial charge < -0.3 is 4.90 Å². The molecule has 0 aliphatic carbocycles. The topological polar surface area (TPSA) is 83.4 Å². The molecule has 0 unspecified atom stereocenters. The van der Waals surface area contributed by atoms with Gasteiger partial charge in [0.25, 0.3) is 10.0 Å². The molecule has 1 aliphatic rings. The number of piperazine rings is 1. The van der Waals surface area contributed by atoms with Gasteiger partial charge in [-0.25, -0.2) is 26.0 Å². The highest BCUT2D eigenvalue weighted by Gasteiger charge is 2.27. The number of benzene rings is 2. The van der Waals surface area contributed by atoms with Crippen LogP contribution in [0.3, 0.4) is 0 Å². The molecular weight excluding hydrogens is 548 g/mol. The van der Waals surface area contributed by atoms with Crippen molar-refractivity contribution in [1.82, 2.24) is 24.6 Å². The largest absolute Gasteiger partial charge is 0.304 e. The Morgan fingerprint density at radius 1 is 0.900 bits per heavy atom. The molecule has 5 rings (SSSR count). The second kappa shape index (κ2) is 11.4. The van der Waals surface area contributed by atoms with Crippen LogP contribution >= 0.6 is 0 Å². The van der Waals surface area contributed by atoms with Crippen molar-refractivity contribution in [3.05, 3.63) is 84.3 Å². The van der Waals surface area contributed by atoms with Gasteiger partial charge in [0.15, 0.2) is 5.82 Å². The molecule has 0 saturated carbocycles. The summed E-state index contributed by atoms with van der Waals surface area (Å²) >= 11 is 0. The van der Waals surface area contributed by atoms with Gasteiger partial charge in [-0.15, -0.1) is 0 Å². The number of nitrogens with zero attached hydrogens (tertiary/aromatic N) is 5. The highest BCUT2D eigenvalue weighted by molar-refractivity contribution is 7.92. The van der Waals surface area contributed by atoms with Crippen LogP contribution in [0.15, 0.2) is 66.0 Å². The third-order valence-corrected chi connectivity index (χ3v) is 8.13. The Bertz CT molecular complexity index is 1620. The van der Waals surface area contributed by atoms with Gasteiger partial charge in [0.05, 0.1) is 17.8 Å². The quantitative estimate of drug-likeness (QED) is 0.318. The molecule has 0 amide bonds. The minimum Gasteiger partial charge on any atom is -0.304 e. The molecule has 1 N–H and O–H groups in total. The van der Waals surface area contributed by atoms with E-state index >= 15 is 8.78 Å². The molecule has 1 fully saturated rings. The van der Waals surface area contributed by atoms with Crippen molar-refractivity contribution in [1.29, 1.82) is 0 Å². The van der Waals surface area contributed by atoms with Crippen LogP contribution in [0.5, 0.6) is 0 Å².